The largest absolute Gasteiger partial charge is 0.490 e. The SMILES string of the molecule is Cc1ccc(N2CC[C@H]3C[C@H](C(=O)NCc4ccccn4)O[C@@H]3C2)nn1.O=C(O)C(F)(F)F.O=C(O)C(F)(F)F. The molecule has 2 saturated heterocycles. The van der Waals surface area contributed by atoms with Gasteiger partial charge in [0, 0.05) is 19.3 Å². The van der Waals surface area contributed by atoms with Crippen LogP contribution in [0.3, 0.4) is 0 Å². The summed E-state index contributed by atoms with van der Waals surface area (Å²) in [6.45, 7) is 4.04. The summed E-state index contributed by atoms with van der Waals surface area (Å²) in [6, 6.07) is 9.64. The highest BCUT2D eigenvalue weighted by Gasteiger charge is 2.42. The molecule has 3 atom stereocenters. The number of alkyl halides is 6. The molecule has 1 amide bonds. The number of aliphatic carboxylic acids is 2. The van der Waals surface area contributed by atoms with E-state index in [2.05, 4.69) is 25.4 Å². The second-order valence-electron chi connectivity index (χ2n) is 8.57. The summed E-state index contributed by atoms with van der Waals surface area (Å²) >= 11 is 0. The van der Waals surface area contributed by atoms with Crippen molar-refractivity contribution in [2.75, 3.05) is 18.0 Å². The summed E-state index contributed by atoms with van der Waals surface area (Å²) in [4.78, 5) is 36.7. The molecule has 4 rings (SSSR count). The van der Waals surface area contributed by atoms with Crippen LogP contribution in [-0.2, 0) is 25.7 Å². The van der Waals surface area contributed by atoms with Gasteiger partial charge in [0.25, 0.3) is 0 Å². The van der Waals surface area contributed by atoms with Gasteiger partial charge < -0.3 is 25.2 Å². The molecule has 0 saturated carbocycles. The van der Waals surface area contributed by atoms with E-state index >= 15 is 0 Å². The normalized spacial score (nSPS) is 20.2. The Balaban J connectivity index is 0.000000333. The van der Waals surface area contributed by atoms with E-state index in [9.17, 15) is 31.1 Å². The number of pyridine rings is 1. The third kappa shape index (κ3) is 10.3. The molecule has 2 aliphatic heterocycles. The number of piperidine rings is 1. The molecule has 2 aliphatic rings. The second-order valence-corrected chi connectivity index (χ2v) is 8.57. The first-order valence-corrected chi connectivity index (χ1v) is 11.6. The number of amides is 1. The summed E-state index contributed by atoms with van der Waals surface area (Å²) in [7, 11) is 0. The number of rotatable bonds is 4. The molecule has 0 unspecified atom stereocenters. The number of halogens is 6. The van der Waals surface area contributed by atoms with Crippen LogP contribution in [-0.4, -0.2) is 80.9 Å². The van der Waals surface area contributed by atoms with Gasteiger partial charge in [-0.2, -0.15) is 31.4 Å². The quantitative estimate of drug-likeness (QED) is 0.459. The van der Waals surface area contributed by atoms with Gasteiger partial charge in [0.05, 0.1) is 24.0 Å². The van der Waals surface area contributed by atoms with Crippen molar-refractivity contribution in [2.45, 2.75) is 50.9 Å². The number of nitrogens with one attached hydrogen (secondary N) is 1. The maximum absolute atomic E-state index is 12.5. The minimum Gasteiger partial charge on any atom is -0.475 e. The minimum atomic E-state index is -5.08. The van der Waals surface area contributed by atoms with Crippen LogP contribution < -0.4 is 10.2 Å². The Kier molecular flexibility index (Phi) is 11.2. The van der Waals surface area contributed by atoms with E-state index in [4.69, 9.17) is 24.5 Å². The van der Waals surface area contributed by atoms with Gasteiger partial charge in [-0.05, 0) is 49.9 Å². The van der Waals surface area contributed by atoms with E-state index in [0.29, 0.717) is 12.5 Å². The lowest BCUT2D eigenvalue weighted by atomic mass is 9.91. The van der Waals surface area contributed by atoms with Gasteiger partial charge in [0.15, 0.2) is 5.82 Å². The first-order valence-electron chi connectivity index (χ1n) is 11.6. The zero-order valence-electron chi connectivity index (χ0n) is 20.8. The van der Waals surface area contributed by atoms with Gasteiger partial charge in [0.2, 0.25) is 5.91 Å². The highest BCUT2D eigenvalue weighted by atomic mass is 19.4. The number of fused-ring (bicyclic) bond motifs is 1. The van der Waals surface area contributed by atoms with E-state index < -0.39 is 24.3 Å². The molecule has 2 aromatic heterocycles. The average molecular weight is 581 g/mol. The highest BCUT2D eigenvalue weighted by Crippen LogP contribution is 2.34. The molecule has 0 aliphatic carbocycles. The van der Waals surface area contributed by atoms with Crippen molar-refractivity contribution in [1.29, 1.82) is 0 Å². The smallest absolute Gasteiger partial charge is 0.475 e. The van der Waals surface area contributed by atoms with Gasteiger partial charge in [-0.3, -0.25) is 9.78 Å². The lowest BCUT2D eigenvalue weighted by Crippen LogP contribution is -2.43. The van der Waals surface area contributed by atoms with Crippen LogP contribution in [0.15, 0.2) is 36.5 Å². The van der Waals surface area contributed by atoms with E-state index in [0.717, 1.165) is 43.1 Å². The highest BCUT2D eigenvalue weighted by molar-refractivity contribution is 5.81. The molecule has 0 aromatic carbocycles. The summed E-state index contributed by atoms with van der Waals surface area (Å²) in [6.07, 6.45) is -6.96. The Bertz CT molecular complexity index is 1110. The fourth-order valence-corrected chi connectivity index (χ4v) is 3.66. The Hall–Kier alpha value is -4.02. The van der Waals surface area contributed by atoms with Crippen LogP contribution in [0.2, 0.25) is 0 Å². The Morgan fingerprint density at radius 3 is 2.15 bits per heavy atom. The minimum absolute atomic E-state index is 0.0493. The molecule has 2 fully saturated rings. The van der Waals surface area contributed by atoms with Crippen LogP contribution in [0.4, 0.5) is 32.2 Å². The van der Waals surface area contributed by atoms with Crippen molar-refractivity contribution in [1.82, 2.24) is 20.5 Å². The van der Waals surface area contributed by atoms with Crippen molar-refractivity contribution >= 4 is 23.7 Å². The Labute approximate surface area is 223 Å². The number of carboxylic acids is 2. The number of carbonyl (C=O) groups is 3. The van der Waals surface area contributed by atoms with Crippen LogP contribution in [0.5, 0.6) is 0 Å². The predicted molar refractivity (Wildman–Crippen MR) is 124 cm³/mol. The topological polar surface area (TPSA) is 155 Å². The van der Waals surface area contributed by atoms with Crippen LogP contribution in [0, 0.1) is 12.8 Å². The predicted octanol–water partition coefficient (Wildman–Crippen LogP) is 2.75. The second kappa shape index (κ2) is 13.9. The van der Waals surface area contributed by atoms with Gasteiger partial charge in [-0.15, -0.1) is 5.10 Å². The van der Waals surface area contributed by atoms with Crippen molar-refractivity contribution in [2.24, 2.45) is 5.92 Å². The molecule has 11 nitrogen and oxygen atoms in total. The number of carboxylic acid groups (broad SMARTS) is 2. The number of anilines is 1. The number of carbonyl (C=O) groups excluding carboxylic acids is 1. The molecular formula is C23H25F6N5O6. The maximum Gasteiger partial charge on any atom is 0.490 e. The van der Waals surface area contributed by atoms with Crippen LogP contribution in [0.1, 0.15) is 24.2 Å². The zero-order chi connectivity index (χ0) is 30.1. The molecule has 2 aromatic rings. The summed E-state index contributed by atoms with van der Waals surface area (Å²) < 4.78 is 69.5. The number of aromatic nitrogens is 3. The third-order valence-corrected chi connectivity index (χ3v) is 5.61. The van der Waals surface area contributed by atoms with Gasteiger partial charge >= 0.3 is 24.3 Å². The molecule has 40 heavy (non-hydrogen) atoms. The van der Waals surface area contributed by atoms with Gasteiger partial charge in [-0.1, -0.05) is 6.07 Å². The Morgan fingerprint density at radius 2 is 1.65 bits per heavy atom. The van der Waals surface area contributed by atoms with Crippen LogP contribution >= 0.6 is 0 Å². The molecular weight excluding hydrogens is 556 g/mol. The van der Waals surface area contributed by atoms with E-state index in [1.807, 2.05) is 37.3 Å². The number of aryl methyl sites for hydroxylation is 1. The van der Waals surface area contributed by atoms with Crippen molar-refractivity contribution in [3.63, 3.8) is 0 Å². The fraction of sp³-hybridized carbons (Fsp3) is 0.478. The monoisotopic (exact) mass is 581 g/mol. The van der Waals surface area contributed by atoms with Crippen molar-refractivity contribution in [3.8, 4) is 0 Å². The average Bonchev–Trinajstić information content (AvgIpc) is 3.32. The van der Waals surface area contributed by atoms with E-state index in [1.54, 1.807) is 6.20 Å². The number of ether oxygens (including phenoxy) is 1. The summed E-state index contributed by atoms with van der Waals surface area (Å²) in [5.41, 5.74) is 1.76. The number of hydrogen-bond donors (Lipinski definition) is 3. The van der Waals surface area contributed by atoms with Crippen molar-refractivity contribution in [3.05, 3.63) is 47.9 Å². The summed E-state index contributed by atoms with van der Waals surface area (Å²) in [5, 5.41) is 25.6. The molecule has 0 bridgehead atoms. The van der Waals surface area contributed by atoms with Crippen LogP contribution in [0.25, 0.3) is 0 Å². The molecule has 220 valence electrons. The van der Waals surface area contributed by atoms with Crippen molar-refractivity contribution < 1.29 is 55.7 Å². The standard InChI is InChI=1S/C19H23N5O2.2C2HF3O2/c1-13-5-6-18(23-22-13)24-9-7-14-10-16(26-17(14)12-24)19(25)21-11-15-4-2-3-8-20-15;2*3-2(4,5)1(6)7/h2-6,8,14,16-17H,7,9-12H2,1H3,(H,21,25);2*(H,6,7)/t14-,16+,17+;;/m0../s1. The first kappa shape index (κ1) is 32.2. The van der Waals surface area contributed by atoms with Gasteiger partial charge in [0.1, 0.15) is 6.10 Å². The number of nitrogens with zero attached hydrogens (tertiary/aromatic N) is 4. The zero-order valence-corrected chi connectivity index (χ0v) is 20.8. The fourth-order valence-electron chi connectivity index (χ4n) is 3.66. The first-order chi connectivity index (χ1) is 18.6. The maximum atomic E-state index is 12.5. The van der Waals surface area contributed by atoms with E-state index in [-0.39, 0.29) is 18.1 Å². The lowest BCUT2D eigenvalue weighted by molar-refractivity contribution is -0.193. The molecule has 17 heteroatoms. The molecule has 3 N–H and O–H groups in total. The number of hydrogen-bond acceptors (Lipinski definition) is 8. The third-order valence-electron chi connectivity index (χ3n) is 5.61. The van der Waals surface area contributed by atoms with E-state index in [1.165, 1.54) is 0 Å². The summed E-state index contributed by atoms with van der Waals surface area (Å²) in [5.74, 6) is -4.26. The molecule has 4 heterocycles. The van der Waals surface area contributed by atoms with Gasteiger partial charge in [-0.25, -0.2) is 9.59 Å². The molecule has 0 spiro atoms. The Morgan fingerprint density at radius 1 is 1.02 bits per heavy atom. The lowest BCUT2D eigenvalue weighted by Gasteiger charge is -2.34. The molecule has 0 radical (unpaired) electrons.